The summed E-state index contributed by atoms with van der Waals surface area (Å²) in [6, 6.07) is 0. The molecule has 56 valence electrons. The van der Waals surface area contributed by atoms with Crippen LogP contribution in [0, 0.1) is 0 Å². The molecule has 2 N–H and O–H groups in total. The molecular weight excluding hydrogens is 147 g/mol. The summed E-state index contributed by atoms with van der Waals surface area (Å²) in [5, 5.41) is 17.1. The Kier molecular flexibility index (Phi) is 3.32. The van der Waals surface area contributed by atoms with Gasteiger partial charge in [-0.15, -0.1) is 0 Å². The number of hydrogen-bond acceptors (Lipinski definition) is 3. The van der Waals surface area contributed by atoms with E-state index in [-0.39, 0.29) is 0 Å². The Morgan fingerprint density at radius 1 is 1.50 bits per heavy atom. The van der Waals surface area contributed by atoms with Crippen LogP contribution in [0.3, 0.4) is 0 Å². The van der Waals surface area contributed by atoms with Crippen molar-refractivity contribution in [3.63, 3.8) is 0 Å². The lowest BCUT2D eigenvalue weighted by Crippen LogP contribution is -2.10. The van der Waals surface area contributed by atoms with Gasteiger partial charge in [0.1, 0.15) is 0 Å². The summed E-state index contributed by atoms with van der Waals surface area (Å²) in [6.45, 7) is 0. The van der Waals surface area contributed by atoms with Gasteiger partial charge in [0, 0.05) is 5.75 Å². The maximum Gasteiger partial charge on any atom is 0.480 e. The van der Waals surface area contributed by atoms with Gasteiger partial charge in [0.25, 0.3) is 0 Å². The molecule has 1 aliphatic heterocycles. The van der Waals surface area contributed by atoms with Gasteiger partial charge in [-0.2, -0.15) is 11.8 Å². The zero-order valence-electron chi connectivity index (χ0n) is 5.79. The molecule has 1 rings (SSSR count). The highest BCUT2D eigenvalue weighted by Crippen LogP contribution is 2.21. The van der Waals surface area contributed by atoms with E-state index in [9.17, 15) is 0 Å². The van der Waals surface area contributed by atoms with Crippen molar-refractivity contribution in [1.29, 1.82) is 0 Å². The normalized spacial score (nSPS) is 23.2. The predicted octanol–water partition coefficient (Wildman–Crippen LogP) is 0.452. The number of thioether (sulfide) groups is 1. The van der Waals surface area contributed by atoms with Crippen LogP contribution in [0.2, 0.25) is 0 Å². The first kappa shape index (κ1) is 8.17. The molecule has 0 spiro atoms. The van der Waals surface area contributed by atoms with Gasteiger partial charge >= 0.3 is 7.12 Å². The highest BCUT2D eigenvalue weighted by Gasteiger charge is 2.08. The molecule has 0 saturated carbocycles. The first-order chi connectivity index (χ1) is 4.79. The van der Waals surface area contributed by atoms with Crippen LogP contribution in [-0.2, 0) is 0 Å². The van der Waals surface area contributed by atoms with Crippen molar-refractivity contribution in [2.45, 2.75) is 12.8 Å². The molecule has 0 amide bonds. The fourth-order valence-electron chi connectivity index (χ4n) is 1.02. The maximum absolute atomic E-state index is 8.57. The third-order valence-corrected chi connectivity index (χ3v) is 2.61. The lowest BCUT2D eigenvalue weighted by atomic mass is 9.87. The third kappa shape index (κ3) is 2.77. The summed E-state index contributed by atoms with van der Waals surface area (Å²) in [5.41, 5.74) is 1.17. The molecule has 0 atom stereocenters. The fraction of sp³-hybridized carbons (Fsp3) is 0.667. The average molecular weight is 158 g/mol. The quantitative estimate of drug-likeness (QED) is 0.544. The Morgan fingerprint density at radius 3 is 2.80 bits per heavy atom. The molecule has 1 heterocycles. The zero-order valence-corrected chi connectivity index (χ0v) is 6.60. The minimum Gasteiger partial charge on any atom is -0.424 e. The minimum atomic E-state index is -1.26. The topological polar surface area (TPSA) is 40.5 Å². The van der Waals surface area contributed by atoms with E-state index in [1.165, 1.54) is 23.7 Å². The Labute approximate surface area is 65.5 Å². The second-order valence-corrected chi connectivity index (χ2v) is 3.50. The minimum absolute atomic E-state index is 0.970. The standard InChI is InChI=1S/C6H11BO2S/c8-7(9)4-6-2-1-3-10-5-6/h4,8-9H,1-3,5H2/b6-4-. The summed E-state index contributed by atoms with van der Waals surface area (Å²) in [7, 11) is -1.26. The van der Waals surface area contributed by atoms with E-state index >= 15 is 0 Å². The van der Waals surface area contributed by atoms with E-state index in [1.807, 2.05) is 11.8 Å². The van der Waals surface area contributed by atoms with Gasteiger partial charge in [0.15, 0.2) is 0 Å². The van der Waals surface area contributed by atoms with Crippen LogP contribution in [0.25, 0.3) is 0 Å². The van der Waals surface area contributed by atoms with Gasteiger partial charge in [-0.05, 0) is 18.6 Å². The van der Waals surface area contributed by atoms with Crippen molar-refractivity contribution in [1.82, 2.24) is 0 Å². The van der Waals surface area contributed by atoms with E-state index in [0.29, 0.717) is 0 Å². The van der Waals surface area contributed by atoms with Gasteiger partial charge < -0.3 is 10.0 Å². The van der Waals surface area contributed by atoms with Crippen LogP contribution in [0.1, 0.15) is 12.8 Å². The first-order valence-electron chi connectivity index (χ1n) is 3.42. The number of hydrogen-bond donors (Lipinski definition) is 2. The smallest absolute Gasteiger partial charge is 0.424 e. The summed E-state index contributed by atoms with van der Waals surface area (Å²) in [6.07, 6.45) is 2.20. The zero-order chi connectivity index (χ0) is 7.40. The highest BCUT2D eigenvalue weighted by molar-refractivity contribution is 7.99. The third-order valence-electron chi connectivity index (χ3n) is 1.46. The molecule has 0 bridgehead atoms. The molecule has 10 heavy (non-hydrogen) atoms. The van der Waals surface area contributed by atoms with E-state index in [1.54, 1.807) is 0 Å². The summed E-state index contributed by atoms with van der Waals surface area (Å²) in [4.78, 5) is 0. The van der Waals surface area contributed by atoms with Gasteiger partial charge in [-0.25, -0.2) is 0 Å². The monoisotopic (exact) mass is 158 g/mol. The highest BCUT2D eigenvalue weighted by atomic mass is 32.2. The van der Waals surface area contributed by atoms with Crippen LogP contribution >= 0.6 is 11.8 Å². The molecule has 0 radical (unpaired) electrons. The SMILES string of the molecule is OB(O)/C=C1/CCCSC1. The van der Waals surface area contributed by atoms with Crippen molar-refractivity contribution in [2.75, 3.05) is 11.5 Å². The van der Waals surface area contributed by atoms with Gasteiger partial charge in [0.05, 0.1) is 0 Å². The van der Waals surface area contributed by atoms with Crippen molar-refractivity contribution in [3.8, 4) is 0 Å². The van der Waals surface area contributed by atoms with E-state index in [2.05, 4.69) is 0 Å². The van der Waals surface area contributed by atoms with Crippen LogP contribution in [0.4, 0.5) is 0 Å². The second kappa shape index (κ2) is 4.06. The van der Waals surface area contributed by atoms with Crippen LogP contribution < -0.4 is 0 Å². The van der Waals surface area contributed by atoms with Gasteiger partial charge in [0.2, 0.25) is 0 Å². The van der Waals surface area contributed by atoms with E-state index < -0.39 is 7.12 Å². The van der Waals surface area contributed by atoms with E-state index in [0.717, 1.165) is 12.2 Å². The summed E-state index contributed by atoms with van der Waals surface area (Å²) < 4.78 is 0. The Hall–Kier alpha value is 0.0749. The van der Waals surface area contributed by atoms with Crippen molar-refractivity contribution in [3.05, 3.63) is 11.5 Å². The molecule has 2 nitrogen and oxygen atoms in total. The molecule has 0 aromatic carbocycles. The Morgan fingerprint density at radius 2 is 2.30 bits per heavy atom. The fourth-order valence-corrected chi connectivity index (χ4v) is 2.01. The van der Waals surface area contributed by atoms with Crippen LogP contribution in [0.5, 0.6) is 0 Å². The Balaban J connectivity index is 2.37. The predicted molar refractivity (Wildman–Crippen MR) is 44.8 cm³/mol. The average Bonchev–Trinajstić information content (AvgIpc) is 1.88. The molecule has 1 saturated heterocycles. The number of rotatable bonds is 1. The first-order valence-corrected chi connectivity index (χ1v) is 4.58. The van der Waals surface area contributed by atoms with Gasteiger partial charge in [-0.1, -0.05) is 11.5 Å². The van der Waals surface area contributed by atoms with Crippen LogP contribution in [0.15, 0.2) is 11.5 Å². The van der Waals surface area contributed by atoms with Gasteiger partial charge in [-0.3, -0.25) is 0 Å². The molecule has 0 aromatic rings. The van der Waals surface area contributed by atoms with Crippen LogP contribution in [-0.4, -0.2) is 28.7 Å². The van der Waals surface area contributed by atoms with Crippen molar-refractivity contribution >= 4 is 18.9 Å². The molecular formula is C6H11BO2S. The van der Waals surface area contributed by atoms with E-state index in [4.69, 9.17) is 10.0 Å². The Bertz CT molecular complexity index is 128. The summed E-state index contributed by atoms with van der Waals surface area (Å²) in [5.74, 6) is 3.71. The molecule has 4 heteroatoms. The largest absolute Gasteiger partial charge is 0.480 e. The molecule has 0 aromatic heterocycles. The van der Waals surface area contributed by atoms with Crippen molar-refractivity contribution < 1.29 is 10.0 Å². The molecule has 1 fully saturated rings. The lowest BCUT2D eigenvalue weighted by Gasteiger charge is -2.12. The lowest BCUT2D eigenvalue weighted by molar-refractivity contribution is 0.423. The molecule has 0 aliphatic carbocycles. The van der Waals surface area contributed by atoms with Crippen molar-refractivity contribution in [2.24, 2.45) is 0 Å². The maximum atomic E-state index is 8.57. The summed E-state index contributed by atoms with van der Waals surface area (Å²) >= 11 is 1.85. The second-order valence-electron chi connectivity index (χ2n) is 2.39. The molecule has 1 aliphatic rings. The molecule has 0 unspecified atom stereocenters.